The van der Waals surface area contributed by atoms with Gasteiger partial charge >= 0.3 is 5.97 Å². The molecule has 0 fully saturated rings. The number of hydrogen-bond donors (Lipinski definition) is 2. The second-order valence-corrected chi connectivity index (χ2v) is 9.92. The second-order valence-electron chi connectivity index (χ2n) is 8.98. The minimum Gasteiger partial charge on any atom is -0.481 e. The van der Waals surface area contributed by atoms with Crippen molar-refractivity contribution in [2.45, 2.75) is 51.5 Å². The van der Waals surface area contributed by atoms with Crippen molar-refractivity contribution < 1.29 is 14.3 Å². The van der Waals surface area contributed by atoms with Crippen LogP contribution in [0.2, 0.25) is 0 Å². The number of carboxylic acid groups (broad SMARTS) is 1. The molecule has 1 aromatic heterocycles. The Kier molecular flexibility index (Phi) is 10.7. The highest BCUT2D eigenvalue weighted by Crippen LogP contribution is 2.30. The quantitative estimate of drug-likeness (QED) is 0.191. The highest BCUT2D eigenvalue weighted by atomic mass is 35.5. The van der Waals surface area contributed by atoms with Gasteiger partial charge in [0.15, 0.2) is 0 Å². The third-order valence-electron chi connectivity index (χ3n) is 6.29. The van der Waals surface area contributed by atoms with Crippen molar-refractivity contribution in [2.75, 3.05) is 5.32 Å². The topological polar surface area (TPSA) is 62.2 Å². The summed E-state index contributed by atoms with van der Waals surface area (Å²) in [6.45, 7) is 2.80. The van der Waals surface area contributed by atoms with Gasteiger partial charge in [0.05, 0.1) is 10.7 Å². The molecule has 3 aromatic carbocycles. The number of aryl methyl sites for hydroxylation is 1. The molecule has 7 heteroatoms. The predicted molar refractivity (Wildman–Crippen MR) is 152 cm³/mol. The van der Waals surface area contributed by atoms with E-state index in [4.69, 9.17) is 10.1 Å². The van der Waals surface area contributed by atoms with Crippen LogP contribution in [0.25, 0.3) is 11.3 Å². The summed E-state index contributed by atoms with van der Waals surface area (Å²) in [5, 5.41) is 15.4. The Morgan fingerprint density at radius 2 is 1.84 bits per heavy atom. The number of thiazole rings is 1. The zero-order valence-corrected chi connectivity index (χ0v) is 22.5. The Balaban J connectivity index is 0.00000380. The number of nitrogens with one attached hydrogen (secondary N) is 1. The highest BCUT2D eigenvalue weighted by Gasteiger charge is 2.15. The molecule has 2 N–H and O–H groups in total. The molecule has 0 aliphatic carbocycles. The molecule has 194 valence electrons. The maximum atomic E-state index is 14.3. The average Bonchev–Trinajstić information content (AvgIpc) is 3.36. The summed E-state index contributed by atoms with van der Waals surface area (Å²) in [6.07, 6.45) is 3.25. The number of benzene rings is 3. The normalized spacial score (nSPS) is 11.5. The summed E-state index contributed by atoms with van der Waals surface area (Å²) in [4.78, 5) is 15.6. The van der Waals surface area contributed by atoms with Gasteiger partial charge in [0, 0.05) is 36.0 Å². The fraction of sp³-hybridized carbons (Fsp3) is 0.267. The van der Waals surface area contributed by atoms with Gasteiger partial charge in [0.25, 0.3) is 0 Å². The van der Waals surface area contributed by atoms with Crippen LogP contribution in [-0.4, -0.2) is 16.1 Å². The number of carboxylic acids is 1. The van der Waals surface area contributed by atoms with Gasteiger partial charge in [-0.1, -0.05) is 74.0 Å². The third kappa shape index (κ3) is 8.14. The predicted octanol–water partition coefficient (Wildman–Crippen LogP) is 8.13. The standard InChI is InChI=1S/C30H31FN2O2S.ClH/c1-2-6-25(17-29-33-28(20-36-29)24-7-4-3-5-8-24)22-11-9-21(10-12-22)19-32-26-15-13-23(27(31)18-26)14-16-30(34)35;/h3-5,7-13,15,18,20,25,32H,2,6,14,16-17,19H2,1H3,(H,34,35);1H. The summed E-state index contributed by atoms with van der Waals surface area (Å²) in [7, 11) is 0. The van der Waals surface area contributed by atoms with Gasteiger partial charge in [-0.15, -0.1) is 23.7 Å². The number of hydrogen-bond acceptors (Lipinski definition) is 4. The van der Waals surface area contributed by atoms with Crippen LogP contribution >= 0.6 is 23.7 Å². The Morgan fingerprint density at radius 1 is 1.08 bits per heavy atom. The SMILES string of the molecule is CCCC(Cc1nc(-c2ccccc2)cs1)c1ccc(CNc2ccc(CCC(=O)O)c(F)c2)cc1.Cl. The Bertz CT molecular complexity index is 1280. The van der Waals surface area contributed by atoms with Crippen molar-refractivity contribution in [3.63, 3.8) is 0 Å². The average molecular weight is 539 g/mol. The number of aliphatic carboxylic acids is 1. The molecule has 37 heavy (non-hydrogen) atoms. The molecule has 0 aliphatic heterocycles. The van der Waals surface area contributed by atoms with E-state index in [1.165, 1.54) is 11.6 Å². The lowest BCUT2D eigenvalue weighted by atomic mass is 9.91. The van der Waals surface area contributed by atoms with E-state index in [0.29, 0.717) is 23.7 Å². The summed E-state index contributed by atoms with van der Waals surface area (Å²) < 4.78 is 14.3. The van der Waals surface area contributed by atoms with Crippen LogP contribution in [0.3, 0.4) is 0 Å². The van der Waals surface area contributed by atoms with Crippen LogP contribution in [0.1, 0.15) is 53.8 Å². The van der Waals surface area contributed by atoms with E-state index in [2.05, 4.69) is 54.0 Å². The summed E-state index contributed by atoms with van der Waals surface area (Å²) in [6, 6.07) is 23.8. The van der Waals surface area contributed by atoms with Gasteiger partial charge in [0.1, 0.15) is 5.82 Å². The molecule has 0 aliphatic rings. The number of nitrogens with zero attached hydrogens (tertiary/aromatic N) is 1. The molecule has 4 rings (SSSR count). The van der Waals surface area contributed by atoms with E-state index < -0.39 is 5.97 Å². The van der Waals surface area contributed by atoms with Crippen molar-refractivity contribution >= 4 is 35.4 Å². The Hall–Kier alpha value is -3.22. The second kappa shape index (κ2) is 13.9. The van der Waals surface area contributed by atoms with Gasteiger partial charge in [-0.25, -0.2) is 9.37 Å². The molecular formula is C30H32ClFN2O2S. The molecule has 1 heterocycles. The summed E-state index contributed by atoms with van der Waals surface area (Å²) in [5.74, 6) is -0.888. The van der Waals surface area contributed by atoms with Gasteiger partial charge in [0.2, 0.25) is 0 Å². The van der Waals surface area contributed by atoms with Gasteiger partial charge in [-0.3, -0.25) is 4.79 Å². The van der Waals surface area contributed by atoms with E-state index in [1.54, 1.807) is 23.5 Å². The molecule has 1 atom stereocenters. The van der Waals surface area contributed by atoms with Crippen LogP contribution in [0.15, 0.2) is 78.2 Å². The van der Waals surface area contributed by atoms with Crippen molar-refractivity contribution in [3.05, 3.63) is 106 Å². The Labute approximate surface area is 228 Å². The monoisotopic (exact) mass is 538 g/mol. The maximum Gasteiger partial charge on any atom is 0.303 e. The van der Waals surface area contributed by atoms with Crippen LogP contribution in [-0.2, 0) is 24.2 Å². The van der Waals surface area contributed by atoms with E-state index in [9.17, 15) is 9.18 Å². The largest absolute Gasteiger partial charge is 0.481 e. The lowest BCUT2D eigenvalue weighted by molar-refractivity contribution is -0.136. The highest BCUT2D eigenvalue weighted by molar-refractivity contribution is 7.09. The molecule has 4 nitrogen and oxygen atoms in total. The molecule has 1 unspecified atom stereocenters. The minimum absolute atomic E-state index is 0. The third-order valence-corrected chi connectivity index (χ3v) is 7.16. The van der Waals surface area contributed by atoms with Crippen molar-refractivity contribution in [1.82, 2.24) is 4.98 Å². The van der Waals surface area contributed by atoms with E-state index >= 15 is 0 Å². The van der Waals surface area contributed by atoms with Gasteiger partial charge in [-0.2, -0.15) is 0 Å². The zero-order valence-electron chi connectivity index (χ0n) is 20.8. The summed E-state index contributed by atoms with van der Waals surface area (Å²) >= 11 is 1.73. The first-order valence-electron chi connectivity index (χ1n) is 12.3. The first-order chi connectivity index (χ1) is 17.5. The molecule has 0 saturated heterocycles. The van der Waals surface area contributed by atoms with Crippen molar-refractivity contribution in [1.29, 1.82) is 0 Å². The number of rotatable bonds is 12. The number of carbonyl (C=O) groups is 1. The fourth-order valence-electron chi connectivity index (χ4n) is 4.31. The smallest absolute Gasteiger partial charge is 0.303 e. The fourth-order valence-corrected chi connectivity index (χ4v) is 5.19. The van der Waals surface area contributed by atoms with Gasteiger partial charge < -0.3 is 10.4 Å². The van der Waals surface area contributed by atoms with Crippen LogP contribution < -0.4 is 5.32 Å². The lowest BCUT2D eigenvalue weighted by Gasteiger charge is -2.16. The molecule has 0 amide bonds. The number of anilines is 1. The molecule has 0 spiro atoms. The van der Waals surface area contributed by atoms with E-state index in [1.807, 2.05) is 18.2 Å². The van der Waals surface area contributed by atoms with E-state index in [0.717, 1.165) is 41.1 Å². The molecule has 0 saturated carbocycles. The molecule has 4 aromatic rings. The maximum absolute atomic E-state index is 14.3. The molecular weight excluding hydrogens is 507 g/mol. The molecule has 0 bridgehead atoms. The van der Waals surface area contributed by atoms with Crippen LogP contribution in [0, 0.1) is 5.82 Å². The minimum atomic E-state index is -0.926. The zero-order chi connectivity index (χ0) is 25.3. The van der Waals surface area contributed by atoms with Crippen LogP contribution in [0.4, 0.5) is 10.1 Å². The first-order valence-corrected chi connectivity index (χ1v) is 13.2. The summed E-state index contributed by atoms with van der Waals surface area (Å²) in [5.41, 5.74) is 5.72. The lowest BCUT2D eigenvalue weighted by Crippen LogP contribution is -2.05. The van der Waals surface area contributed by atoms with Crippen molar-refractivity contribution in [2.24, 2.45) is 0 Å². The van der Waals surface area contributed by atoms with Crippen molar-refractivity contribution in [3.8, 4) is 11.3 Å². The van der Waals surface area contributed by atoms with Gasteiger partial charge in [-0.05, 0) is 47.6 Å². The first kappa shape index (κ1) is 28.4. The Morgan fingerprint density at radius 3 is 2.51 bits per heavy atom. The van der Waals surface area contributed by atoms with E-state index in [-0.39, 0.29) is 31.1 Å². The number of halogens is 2. The van der Waals surface area contributed by atoms with Crippen LogP contribution in [0.5, 0.6) is 0 Å². The number of aromatic nitrogens is 1. The molecule has 0 radical (unpaired) electrons.